The average Bonchev–Trinajstić information content (AvgIpc) is 2.04. The van der Waals surface area contributed by atoms with E-state index in [1.54, 1.807) is 0 Å². The molecule has 0 aliphatic rings. The van der Waals surface area contributed by atoms with E-state index in [4.69, 9.17) is 11.5 Å². The van der Waals surface area contributed by atoms with Gasteiger partial charge in [-0.1, -0.05) is 6.07 Å². The minimum atomic E-state index is 0.667. The monoisotopic (exact) mass is 179 g/mol. The highest BCUT2D eigenvalue weighted by atomic mass is 15.1. The number of nitrogens with two attached hydrogens (primary N) is 2. The number of hydrogen-bond acceptors (Lipinski definition) is 3. The molecule has 0 saturated carbocycles. The predicted molar refractivity (Wildman–Crippen MR) is 57.9 cm³/mol. The number of hydrogen-bond donors (Lipinski definition) is 2. The molecule has 0 aliphatic heterocycles. The van der Waals surface area contributed by atoms with Gasteiger partial charge >= 0.3 is 0 Å². The van der Waals surface area contributed by atoms with Gasteiger partial charge in [-0.3, -0.25) is 0 Å². The number of nitrogens with zero attached hydrogens (tertiary/aromatic N) is 1. The molecule has 0 spiro atoms. The van der Waals surface area contributed by atoms with Gasteiger partial charge in [0.1, 0.15) is 0 Å². The second kappa shape index (κ2) is 4.14. The van der Waals surface area contributed by atoms with E-state index in [0.29, 0.717) is 6.54 Å². The van der Waals surface area contributed by atoms with Crippen molar-refractivity contribution in [2.24, 2.45) is 5.73 Å². The van der Waals surface area contributed by atoms with Crippen molar-refractivity contribution >= 4 is 11.4 Å². The summed E-state index contributed by atoms with van der Waals surface area (Å²) in [6, 6.07) is 6.08. The van der Waals surface area contributed by atoms with E-state index in [9.17, 15) is 0 Å². The van der Waals surface area contributed by atoms with Gasteiger partial charge in [0.15, 0.2) is 0 Å². The molecule has 0 saturated heterocycles. The van der Waals surface area contributed by atoms with Crippen molar-refractivity contribution < 1.29 is 0 Å². The summed E-state index contributed by atoms with van der Waals surface area (Å²) in [5, 5.41) is 0. The van der Waals surface area contributed by atoms with Gasteiger partial charge in [-0.05, 0) is 30.7 Å². The molecular formula is C10H17N3. The number of benzene rings is 1. The van der Waals surface area contributed by atoms with Gasteiger partial charge in [0, 0.05) is 14.1 Å². The second-order valence-corrected chi connectivity index (χ2v) is 3.33. The van der Waals surface area contributed by atoms with E-state index in [0.717, 1.165) is 17.8 Å². The second-order valence-electron chi connectivity index (χ2n) is 3.33. The van der Waals surface area contributed by atoms with Crippen LogP contribution >= 0.6 is 0 Å². The fourth-order valence-corrected chi connectivity index (χ4v) is 1.33. The Morgan fingerprint density at radius 2 is 2.00 bits per heavy atom. The molecule has 1 rings (SSSR count). The SMILES string of the molecule is CN(C)c1ccc(CCN)cc1N. The Hall–Kier alpha value is -1.22. The van der Waals surface area contributed by atoms with Gasteiger partial charge in [-0.2, -0.15) is 0 Å². The molecular weight excluding hydrogens is 162 g/mol. The zero-order chi connectivity index (χ0) is 9.84. The molecule has 0 heterocycles. The molecule has 1 aromatic rings. The highest BCUT2D eigenvalue weighted by Crippen LogP contribution is 2.22. The fraction of sp³-hybridized carbons (Fsp3) is 0.400. The van der Waals surface area contributed by atoms with E-state index in [-0.39, 0.29) is 0 Å². The van der Waals surface area contributed by atoms with Crippen LogP contribution in [0.4, 0.5) is 11.4 Å². The minimum Gasteiger partial charge on any atom is -0.397 e. The molecule has 1 aromatic carbocycles. The summed E-state index contributed by atoms with van der Waals surface area (Å²) in [6.07, 6.45) is 0.887. The average molecular weight is 179 g/mol. The van der Waals surface area contributed by atoms with Crippen LogP contribution in [0.5, 0.6) is 0 Å². The molecule has 0 radical (unpaired) electrons. The van der Waals surface area contributed by atoms with Crippen molar-refractivity contribution in [1.29, 1.82) is 0 Å². The van der Waals surface area contributed by atoms with Gasteiger partial charge in [0.2, 0.25) is 0 Å². The van der Waals surface area contributed by atoms with E-state index < -0.39 is 0 Å². The topological polar surface area (TPSA) is 55.3 Å². The van der Waals surface area contributed by atoms with E-state index in [2.05, 4.69) is 6.07 Å². The van der Waals surface area contributed by atoms with E-state index in [1.807, 2.05) is 31.1 Å². The van der Waals surface area contributed by atoms with Crippen LogP contribution in [0.1, 0.15) is 5.56 Å². The smallest absolute Gasteiger partial charge is 0.0594 e. The fourth-order valence-electron chi connectivity index (χ4n) is 1.33. The first kappa shape index (κ1) is 9.86. The molecule has 0 bridgehead atoms. The largest absolute Gasteiger partial charge is 0.397 e. The number of anilines is 2. The molecule has 0 aliphatic carbocycles. The van der Waals surface area contributed by atoms with Crippen LogP contribution in [0.2, 0.25) is 0 Å². The molecule has 0 unspecified atom stereocenters. The van der Waals surface area contributed by atoms with Crippen molar-refractivity contribution in [3.63, 3.8) is 0 Å². The summed E-state index contributed by atoms with van der Waals surface area (Å²) >= 11 is 0. The van der Waals surface area contributed by atoms with Crippen LogP contribution in [0.3, 0.4) is 0 Å². The molecule has 0 aromatic heterocycles. The van der Waals surface area contributed by atoms with Crippen molar-refractivity contribution in [2.75, 3.05) is 31.3 Å². The lowest BCUT2D eigenvalue weighted by molar-refractivity contribution is 0.968. The maximum atomic E-state index is 5.87. The predicted octanol–water partition coefficient (Wildman–Crippen LogP) is 0.836. The summed E-state index contributed by atoms with van der Waals surface area (Å²) in [4.78, 5) is 2.00. The molecule has 4 N–H and O–H groups in total. The molecule has 3 heteroatoms. The normalized spacial score (nSPS) is 10.1. The summed E-state index contributed by atoms with van der Waals surface area (Å²) in [5.74, 6) is 0. The third-order valence-electron chi connectivity index (χ3n) is 2.01. The van der Waals surface area contributed by atoms with Crippen molar-refractivity contribution in [1.82, 2.24) is 0 Å². The Bertz CT molecular complexity index is 281. The Labute approximate surface area is 79.3 Å². The third kappa shape index (κ3) is 2.36. The van der Waals surface area contributed by atoms with Crippen LogP contribution in [0.25, 0.3) is 0 Å². The van der Waals surface area contributed by atoms with Crippen molar-refractivity contribution in [3.05, 3.63) is 23.8 Å². The first-order valence-corrected chi connectivity index (χ1v) is 4.41. The summed E-state index contributed by atoms with van der Waals surface area (Å²) < 4.78 is 0. The van der Waals surface area contributed by atoms with Crippen molar-refractivity contribution in [2.45, 2.75) is 6.42 Å². The first-order chi connectivity index (χ1) is 6.15. The van der Waals surface area contributed by atoms with Gasteiger partial charge in [0.25, 0.3) is 0 Å². The molecule has 72 valence electrons. The molecule has 0 fully saturated rings. The zero-order valence-electron chi connectivity index (χ0n) is 8.25. The maximum absolute atomic E-state index is 5.87. The van der Waals surface area contributed by atoms with Crippen molar-refractivity contribution in [3.8, 4) is 0 Å². The summed E-state index contributed by atoms with van der Waals surface area (Å²) in [7, 11) is 3.96. The van der Waals surface area contributed by atoms with Gasteiger partial charge in [-0.15, -0.1) is 0 Å². The maximum Gasteiger partial charge on any atom is 0.0594 e. The van der Waals surface area contributed by atoms with E-state index >= 15 is 0 Å². The third-order valence-corrected chi connectivity index (χ3v) is 2.01. The first-order valence-electron chi connectivity index (χ1n) is 4.41. The van der Waals surface area contributed by atoms with Gasteiger partial charge < -0.3 is 16.4 Å². The summed E-state index contributed by atoms with van der Waals surface area (Å²) in [5.41, 5.74) is 14.4. The molecule has 13 heavy (non-hydrogen) atoms. The molecule has 3 nitrogen and oxygen atoms in total. The van der Waals surface area contributed by atoms with Crippen LogP contribution in [0.15, 0.2) is 18.2 Å². The van der Waals surface area contributed by atoms with Crippen LogP contribution in [0, 0.1) is 0 Å². The number of nitrogen functional groups attached to an aromatic ring is 1. The zero-order valence-corrected chi connectivity index (χ0v) is 8.25. The Morgan fingerprint density at radius 3 is 2.46 bits per heavy atom. The quantitative estimate of drug-likeness (QED) is 0.676. The highest BCUT2D eigenvalue weighted by Gasteiger charge is 2.01. The Kier molecular flexibility index (Phi) is 3.14. The van der Waals surface area contributed by atoms with Crippen LogP contribution < -0.4 is 16.4 Å². The standard InChI is InChI=1S/C10H17N3/c1-13(2)10-4-3-8(5-6-11)7-9(10)12/h3-4,7H,5-6,11-12H2,1-2H3. The summed E-state index contributed by atoms with van der Waals surface area (Å²) in [6.45, 7) is 0.667. The van der Waals surface area contributed by atoms with Crippen LogP contribution in [-0.2, 0) is 6.42 Å². The Morgan fingerprint density at radius 1 is 1.31 bits per heavy atom. The molecule has 0 amide bonds. The minimum absolute atomic E-state index is 0.667. The lowest BCUT2D eigenvalue weighted by Crippen LogP contribution is -2.11. The van der Waals surface area contributed by atoms with E-state index in [1.165, 1.54) is 5.56 Å². The Balaban J connectivity index is 2.92. The lowest BCUT2D eigenvalue weighted by Gasteiger charge is -2.15. The number of rotatable bonds is 3. The highest BCUT2D eigenvalue weighted by molar-refractivity contribution is 5.67. The molecule has 0 atom stereocenters. The van der Waals surface area contributed by atoms with Gasteiger partial charge in [0.05, 0.1) is 11.4 Å². The lowest BCUT2D eigenvalue weighted by atomic mass is 10.1. The van der Waals surface area contributed by atoms with Crippen LogP contribution in [-0.4, -0.2) is 20.6 Å². The van der Waals surface area contributed by atoms with Gasteiger partial charge in [-0.25, -0.2) is 0 Å².